The summed E-state index contributed by atoms with van der Waals surface area (Å²) in [4.78, 5) is 0. The molecule has 0 radical (unpaired) electrons. The zero-order chi connectivity index (χ0) is 10.1. The first-order valence-electron chi connectivity index (χ1n) is 5.14. The predicted octanol–water partition coefficient (Wildman–Crippen LogP) is 2.46. The predicted molar refractivity (Wildman–Crippen MR) is 57.8 cm³/mol. The number of methoxy groups -OCH3 is 1. The summed E-state index contributed by atoms with van der Waals surface area (Å²) in [6.07, 6.45) is 0. The fourth-order valence-electron chi connectivity index (χ4n) is 2.21. The maximum absolute atomic E-state index is 5.40. The van der Waals surface area contributed by atoms with Gasteiger partial charge in [0.15, 0.2) is 0 Å². The van der Waals surface area contributed by atoms with Gasteiger partial charge in [0.25, 0.3) is 0 Å². The second kappa shape index (κ2) is 3.62. The zero-order valence-electron chi connectivity index (χ0n) is 9.00. The molecule has 0 aromatic heterocycles. The zero-order valence-corrected chi connectivity index (χ0v) is 9.00. The molecule has 2 atom stereocenters. The third-order valence-corrected chi connectivity index (χ3v) is 3.01. The average Bonchev–Trinajstić information content (AvgIpc) is 2.23. The van der Waals surface area contributed by atoms with E-state index < -0.39 is 0 Å². The molecule has 0 saturated heterocycles. The van der Waals surface area contributed by atoms with Crippen LogP contribution in [-0.4, -0.2) is 13.7 Å². The van der Waals surface area contributed by atoms with Gasteiger partial charge in [0, 0.05) is 18.2 Å². The summed E-state index contributed by atoms with van der Waals surface area (Å²) < 4.78 is 5.40. The molecular formula is C12H17NO. The van der Waals surface area contributed by atoms with Crippen LogP contribution < -0.4 is 10.1 Å². The topological polar surface area (TPSA) is 21.3 Å². The standard InChI is InChI=1S/C12H17NO/c1-8-7-13-9(2)10-5-4-6-11(14-3)12(8)10/h4-6,8-9,13H,7H2,1-3H3. The Labute approximate surface area is 85.3 Å². The van der Waals surface area contributed by atoms with Gasteiger partial charge >= 0.3 is 0 Å². The van der Waals surface area contributed by atoms with Gasteiger partial charge in [-0.3, -0.25) is 0 Å². The van der Waals surface area contributed by atoms with Crippen LogP contribution in [0.3, 0.4) is 0 Å². The average molecular weight is 191 g/mol. The van der Waals surface area contributed by atoms with Gasteiger partial charge in [0.05, 0.1) is 7.11 Å². The number of benzene rings is 1. The van der Waals surface area contributed by atoms with E-state index in [1.165, 1.54) is 11.1 Å². The smallest absolute Gasteiger partial charge is 0.122 e. The Bertz CT molecular complexity index is 335. The largest absolute Gasteiger partial charge is 0.496 e. The SMILES string of the molecule is COc1cccc2c1C(C)CNC2C. The molecule has 0 aliphatic carbocycles. The highest BCUT2D eigenvalue weighted by atomic mass is 16.5. The van der Waals surface area contributed by atoms with Crippen molar-refractivity contribution >= 4 is 0 Å². The lowest BCUT2D eigenvalue weighted by Crippen LogP contribution is -2.30. The monoisotopic (exact) mass is 191 g/mol. The maximum Gasteiger partial charge on any atom is 0.122 e. The van der Waals surface area contributed by atoms with Crippen LogP contribution in [0.15, 0.2) is 18.2 Å². The first-order chi connectivity index (χ1) is 6.74. The normalized spacial score (nSPS) is 25.6. The molecule has 0 saturated carbocycles. The van der Waals surface area contributed by atoms with Gasteiger partial charge in [-0.05, 0) is 24.5 Å². The summed E-state index contributed by atoms with van der Waals surface area (Å²) in [6.45, 7) is 5.47. The molecule has 0 fully saturated rings. The van der Waals surface area contributed by atoms with E-state index in [4.69, 9.17) is 4.74 Å². The van der Waals surface area contributed by atoms with E-state index in [0.29, 0.717) is 12.0 Å². The van der Waals surface area contributed by atoms with E-state index in [-0.39, 0.29) is 0 Å². The van der Waals surface area contributed by atoms with Crippen LogP contribution in [0.25, 0.3) is 0 Å². The van der Waals surface area contributed by atoms with Crippen molar-refractivity contribution < 1.29 is 4.74 Å². The number of nitrogens with one attached hydrogen (secondary N) is 1. The minimum absolute atomic E-state index is 0.441. The van der Waals surface area contributed by atoms with Crippen molar-refractivity contribution in [3.63, 3.8) is 0 Å². The molecule has 1 aromatic carbocycles. The Balaban J connectivity index is 2.54. The van der Waals surface area contributed by atoms with Gasteiger partial charge in [0.1, 0.15) is 5.75 Å². The number of hydrogen-bond acceptors (Lipinski definition) is 2. The maximum atomic E-state index is 5.40. The molecule has 0 bridgehead atoms. The van der Waals surface area contributed by atoms with Crippen LogP contribution in [-0.2, 0) is 0 Å². The number of ether oxygens (including phenoxy) is 1. The first-order valence-corrected chi connectivity index (χ1v) is 5.14. The molecule has 2 rings (SSSR count). The van der Waals surface area contributed by atoms with Gasteiger partial charge in [-0.15, -0.1) is 0 Å². The molecule has 1 aliphatic rings. The molecule has 1 heterocycles. The van der Waals surface area contributed by atoms with Crippen molar-refractivity contribution in [2.45, 2.75) is 25.8 Å². The summed E-state index contributed by atoms with van der Waals surface area (Å²) in [7, 11) is 1.75. The second-order valence-electron chi connectivity index (χ2n) is 3.99. The van der Waals surface area contributed by atoms with Crippen LogP contribution >= 0.6 is 0 Å². The Kier molecular flexibility index (Phi) is 2.46. The van der Waals surface area contributed by atoms with E-state index in [0.717, 1.165) is 12.3 Å². The highest BCUT2D eigenvalue weighted by molar-refractivity contribution is 5.45. The number of hydrogen-bond donors (Lipinski definition) is 1. The van der Waals surface area contributed by atoms with Gasteiger partial charge in [-0.1, -0.05) is 19.1 Å². The van der Waals surface area contributed by atoms with Crippen LogP contribution in [0.4, 0.5) is 0 Å². The Morgan fingerprint density at radius 1 is 1.36 bits per heavy atom. The van der Waals surface area contributed by atoms with E-state index in [1.54, 1.807) is 7.11 Å². The number of rotatable bonds is 1. The summed E-state index contributed by atoms with van der Waals surface area (Å²) in [5, 5.41) is 3.48. The van der Waals surface area contributed by atoms with Gasteiger partial charge in [0.2, 0.25) is 0 Å². The minimum Gasteiger partial charge on any atom is -0.496 e. The van der Waals surface area contributed by atoms with Crippen molar-refractivity contribution in [3.8, 4) is 5.75 Å². The van der Waals surface area contributed by atoms with Gasteiger partial charge in [-0.2, -0.15) is 0 Å². The minimum atomic E-state index is 0.441. The van der Waals surface area contributed by atoms with Gasteiger partial charge in [-0.25, -0.2) is 0 Å². The molecule has 2 unspecified atom stereocenters. The highest BCUT2D eigenvalue weighted by Gasteiger charge is 2.23. The lowest BCUT2D eigenvalue weighted by Gasteiger charge is -2.30. The molecule has 14 heavy (non-hydrogen) atoms. The quantitative estimate of drug-likeness (QED) is 0.736. The molecule has 1 aliphatic heterocycles. The molecule has 2 nitrogen and oxygen atoms in total. The van der Waals surface area contributed by atoms with Crippen molar-refractivity contribution in [1.82, 2.24) is 5.32 Å². The Hall–Kier alpha value is -1.02. The first kappa shape index (κ1) is 9.53. The van der Waals surface area contributed by atoms with Gasteiger partial charge < -0.3 is 10.1 Å². The van der Waals surface area contributed by atoms with Crippen molar-refractivity contribution in [2.75, 3.05) is 13.7 Å². The third-order valence-electron chi connectivity index (χ3n) is 3.01. The fraction of sp³-hybridized carbons (Fsp3) is 0.500. The van der Waals surface area contributed by atoms with E-state index in [9.17, 15) is 0 Å². The summed E-state index contributed by atoms with van der Waals surface area (Å²) in [6, 6.07) is 6.74. The molecule has 1 N–H and O–H groups in total. The molecular weight excluding hydrogens is 174 g/mol. The molecule has 76 valence electrons. The van der Waals surface area contributed by atoms with Crippen molar-refractivity contribution in [1.29, 1.82) is 0 Å². The van der Waals surface area contributed by atoms with Crippen LogP contribution in [0.5, 0.6) is 5.75 Å². The Morgan fingerprint density at radius 3 is 2.86 bits per heavy atom. The Morgan fingerprint density at radius 2 is 2.14 bits per heavy atom. The summed E-state index contributed by atoms with van der Waals surface area (Å²) in [5.41, 5.74) is 2.75. The van der Waals surface area contributed by atoms with E-state index >= 15 is 0 Å². The molecule has 2 heteroatoms. The fourth-order valence-corrected chi connectivity index (χ4v) is 2.21. The lowest BCUT2D eigenvalue weighted by atomic mass is 9.87. The van der Waals surface area contributed by atoms with Crippen LogP contribution in [0, 0.1) is 0 Å². The van der Waals surface area contributed by atoms with Crippen molar-refractivity contribution in [3.05, 3.63) is 29.3 Å². The van der Waals surface area contributed by atoms with Crippen molar-refractivity contribution in [2.24, 2.45) is 0 Å². The third kappa shape index (κ3) is 1.40. The van der Waals surface area contributed by atoms with Crippen LogP contribution in [0.1, 0.15) is 36.9 Å². The van der Waals surface area contributed by atoms with Crippen LogP contribution in [0.2, 0.25) is 0 Å². The lowest BCUT2D eigenvalue weighted by molar-refractivity contribution is 0.394. The molecule has 0 amide bonds. The van der Waals surface area contributed by atoms with E-state index in [1.807, 2.05) is 6.07 Å². The summed E-state index contributed by atoms with van der Waals surface area (Å²) >= 11 is 0. The number of fused-ring (bicyclic) bond motifs is 1. The van der Waals surface area contributed by atoms with E-state index in [2.05, 4.69) is 31.3 Å². The summed E-state index contributed by atoms with van der Waals surface area (Å²) in [5.74, 6) is 1.57. The second-order valence-corrected chi connectivity index (χ2v) is 3.99. The molecule has 1 aromatic rings. The highest BCUT2D eigenvalue weighted by Crippen LogP contribution is 2.36. The molecule has 0 spiro atoms.